The minimum Gasteiger partial charge on any atom is -0.465 e. The van der Waals surface area contributed by atoms with E-state index in [1.165, 1.54) is 4.90 Å². The van der Waals surface area contributed by atoms with E-state index in [1.54, 1.807) is 11.0 Å². The highest BCUT2D eigenvalue weighted by Crippen LogP contribution is 2.59. The summed E-state index contributed by atoms with van der Waals surface area (Å²) in [4.78, 5) is 48.6. The summed E-state index contributed by atoms with van der Waals surface area (Å²) in [5, 5.41) is 10.8. The molecular formula is C38H49N3O6. The van der Waals surface area contributed by atoms with E-state index >= 15 is 0 Å². The summed E-state index contributed by atoms with van der Waals surface area (Å²) >= 11 is 0. The zero-order valence-corrected chi connectivity index (χ0v) is 27.8. The van der Waals surface area contributed by atoms with Gasteiger partial charge in [0, 0.05) is 31.0 Å². The lowest BCUT2D eigenvalue weighted by Crippen LogP contribution is -2.59. The quantitative estimate of drug-likeness (QED) is 0.148. The topological polar surface area (TPSA) is 99.6 Å². The van der Waals surface area contributed by atoms with Crippen LogP contribution in [0.3, 0.4) is 0 Å². The molecule has 0 saturated carbocycles. The van der Waals surface area contributed by atoms with Crippen LogP contribution in [0.4, 0.5) is 11.4 Å². The molecule has 1 N–H and O–H groups in total. The third-order valence-electron chi connectivity index (χ3n) is 10.1. The van der Waals surface area contributed by atoms with Crippen molar-refractivity contribution in [3.05, 3.63) is 85.5 Å². The minimum atomic E-state index is -1.21. The summed E-state index contributed by atoms with van der Waals surface area (Å²) in [7, 11) is 0. The lowest BCUT2D eigenvalue weighted by atomic mass is 9.70. The normalized spacial score (nSPS) is 24.9. The molecule has 1 spiro atoms. The maximum Gasteiger partial charge on any atom is 0.312 e. The van der Waals surface area contributed by atoms with Gasteiger partial charge < -0.3 is 29.3 Å². The number of rotatable bonds is 17. The monoisotopic (exact) mass is 643 g/mol. The van der Waals surface area contributed by atoms with Crippen LogP contribution in [0.25, 0.3) is 0 Å². The van der Waals surface area contributed by atoms with Gasteiger partial charge in [-0.15, -0.1) is 13.2 Å². The number of nitrogens with zero attached hydrogens (tertiary/aromatic N) is 3. The van der Waals surface area contributed by atoms with Gasteiger partial charge in [-0.1, -0.05) is 42.5 Å². The van der Waals surface area contributed by atoms with Crippen molar-refractivity contribution in [2.45, 2.75) is 76.2 Å². The number of ether oxygens (including phenoxy) is 2. The number of likely N-dealkylation sites (tertiary alicyclic amines) is 1. The molecule has 0 radical (unpaired) electrons. The maximum atomic E-state index is 15.0. The van der Waals surface area contributed by atoms with Crippen molar-refractivity contribution < 1.29 is 29.0 Å². The average molecular weight is 644 g/mol. The fraction of sp³-hybridized carbons (Fsp3) is 0.500. The average Bonchev–Trinajstić information content (AvgIpc) is 3.74. The van der Waals surface area contributed by atoms with Crippen LogP contribution in [0.1, 0.15) is 51.5 Å². The summed E-state index contributed by atoms with van der Waals surface area (Å²) in [6.07, 6.45) is 6.71. The zero-order valence-electron chi connectivity index (χ0n) is 27.8. The van der Waals surface area contributed by atoms with Crippen LogP contribution in [-0.4, -0.2) is 84.4 Å². The molecule has 6 atom stereocenters. The zero-order chi connectivity index (χ0) is 33.6. The molecule has 2 bridgehead atoms. The Hall–Kier alpha value is -3.95. The lowest BCUT2D eigenvalue weighted by Gasteiger charge is -2.39. The predicted molar refractivity (Wildman–Crippen MR) is 183 cm³/mol. The Morgan fingerprint density at radius 3 is 2.40 bits per heavy atom. The highest BCUT2D eigenvalue weighted by molar-refractivity contribution is 6.05. The smallest absolute Gasteiger partial charge is 0.312 e. The van der Waals surface area contributed by atoms with Gasteiger partial charge in [-0.3, -0.25) is 14.4 Å². The van der Waals surface area contributed by atoms with Crippen LogP contribution in [0.5, 0.6) is 0 Å². The van der Waals surface area contributed by atoms with Gasteiger partial charge in [-0.05, 0) is 82.2 Å². The van der Waals surface area contributed by atoms with E-state index in [4.69, 9.17) is 9.47 Å². The Morgan fingerprint density at radius 2 is 1.77 bits per heavy atom. The van der Waals surface area contributed by atoms with Crippen LogP contribution < -0.4 is 9.80 Å². The first-order valence-electron chi connectivity index (χ1n) is 17.0. The number of carbonyl (C=O) groups excluding carboxylic acids is 3. The third-order valence-corrected chi connectivity index (χ3v) is 10.1. The van der Waals surface area contributed by atoms with Gasteiger partial charge in [-0.2, -0.15) is 0 Å². The van der Waals surface area contributed by atoms with Crippen LogP contribution in [0.15, 0.2) is 79.9 Å². The van der Waals surface area contributed by atoms with Crippen LogP contribution in [-0.2, 0) is 30.3 Å². The Bertz CT molecular complexity index is 1410. The van der Waals surface area contributed by atoms with Gasteiger partial charge in [0.2, 0.25) is 5.91 Å². The number of aliphatic hydroxyl groups is 1. The molecule has 2 amide bonds. The number of allylic oxidation sites excluding steroid dienone is 1. The van der Waals surface area contributed by atoms with Crippen LogP contribution in [0.2, 0.25) is 0 Å². The van der Waals surface area contributed by atoms with Gasteiger partial charge in [-0.25, -0.2) is 0 Å². The number of aliphatic hydroxyl groups excluding tert-OH is 1. The number of benzene rings is 2. The first-order chi connectivity index (χ1) is 22.8. The number of unbranched alkanes of at least 4 members (excludes halogenated alkanes) is 2. The standard InChI is InChI=1S/C38H49N3O6/c1-5-9-10-14-24-46-37(45)32-31-21-22-38(47-31)33(32)35(43)41(30(26-42)25-27-15-12-11-13-16-27)34(38)36(44)40(23-6-2)29-19-17-28(18-20-29)39(7-3)8-4/h5-6,11-13,15-20,30-34,42H,1-2,7-10,14,21-26H2,3-4H3/t30-,31-,32+,33+,34?,38?/m1/s1. The van der Waals surface area contributed by atoms with Crippen molar-refractivity contribution in [2.75, 3.05) is 42.6 Å². The second-order valence-corrected chi connectivity index (χ2v) is 12.7. The van der Waals surface area contributed by atoms with Gasteiger partial charge >= 0.3 is 5.97 Å². The van der Waals surface area contributed by atoms with E-state index < -0.39 is 41.6 Å². The Kier molecular flexibility index (Phi) is 11.2. The number of amides is 2. The lowest BCUT2D eigenvalue weighted by molar-refractivity contribution is -0.156. The molecule has 3 aliphatic heterocycles. The number of hydrogen-bond donors (Lipinski definition) is 1. The number of fused-ring (bicyclic) bond motifs is 1. The molecule has 0 aromatic heterocycles. The maximum absolute atomic E-state index is 15.0. The predicted octanol–water partition coefficient (Wildman–Crippen LogP) is 4.93. The van der Waals surface area contributed by atoms with Crippen molar-refractivity contribution in [1.29, 1.82) is 0 Å². The van der Waals surface area contributed by atoms with Gasteiger partial charge in [0.05, 0.1) is 37.2 Å². The van der Waals surface area contributed by atoms with E-state index in [0.29, 0.717) is 31.4 Å². The van der Waals surface area contributed by atoms with E-state index in [9.17, 15) is 19.5 Å². The van der Waals surface area contributed by atoms with E-state index in [0.717, 1.165) is 37.2 Å². The SMILES string of the molecule is C=CCCCCOC(=O)[C@@H]1[C@H]2C(=O)N([C@@H](CO)Cc3ccccc3)C(C(=O)N(CC=C)c3ccc(N(CC)CC)cc3)C23CC[C@H]1O3. The summed E-state index contributed by atoms with van der Waals surface area (Å²) < 4.78 is 12.4. The molecule has 9 nitrogen and oxygen atoms in total. The molecule has 5 rings (SSSR count). The van der Waals surface area contributed by atoms with Crippen LogP contribution >= 0.6 is 0 Å². The molecule has 47 heavy (non-hydrogen) atoms. The number of hydrogen-bond acceptors (Lipinski definition) is 7. The van der Waals surface area contributed by atoms with E-state index in [-0.39, 0.29) is 31.6 Å². The molecule has 9 heteroatoms. The van der Waals surface area contributed by atoms with Crippen LogP contribution in [0, 0.1) is 11.8 Å². The van der Waals surface area contributed by atoms with Crippen molar-refractivity contribution in [2.24, 2.45) is 11.8 Å². The number of carbonyl (C=O) groups is 3. The Balaban J connectivity index is 1.52. The molecule has 3 heterocycles. The Morgan fingerprint density at radius 1 is 1.06 bits per heavy atom. The molecule has 2 unspecified atom stereocenters. The molecular weight excluding hydrogens is 594 g/mol. The summed E-state index contributed by atoms with van der Waals surface area (Å²) in [5.41, 5.74) is 1.43. The summed E-state index contributed by atoms with van der Waals surface area (Å²) in [6, 6.07) is 15.7. The summed E-state index contributed by atoms with van der Waals surface area (Å²) in [5.74, 6) is -2.81. The highest BCUT2D eigenvalue weighted by Gasteiger charge is 2.75. The first-order valence-corrected chi connectivity index (χ1v) is 17.0. The van der Waals surface area contributed by atoms with Gasteiger partial charge in [0.25, 0.3) is 5.91 Å². The molecule has 2 aromatic carbocycles. The highest BCUT2D eigenvalue weighted by atomic mass is 16.6. The Labute approximate surface area is 278 Å². The van der Waals surface area contributed by atoms with Crippen molar-refractivity contribution in [1.82, 2.24) is 4.90 Å². The van der Waals surface area contributed by atoms with E-state index in [2.05, 4.69) is 31.9 Å². The molecule has 252 valence electrons. The molecule has 3 aliphatic rings. The van der Waals surface area contributed by atoms with Crippen molar-refractivity contribution in [3.63, 3.8) is 0 Å². The summed E-state index contributed by atoms with van der Waals surface area (Å²) in [6.45, 7) is 13.7. The number of esters is 1. The molecule has 2 aromatic rings. The second kappa shape index (κ2) is 15.3. The molecule has 0 aliphatic carbocycles. The minimum absolute atomic E-state index is 0.213. The van der Waals surface area contributed by atoms with E-state index in [1.807, 2.05) is 60.7 Å². The van der Waals surface area contributed by atoms with Crippen molar-refractivity contribution >= 4 is 29.2 Å². The fourth-order valence-corrected chi connectivity index (χ4v) is 7.86. The fourth-order valence-electron chi connectivity index (χ4n) is 7.86. The second-order valence-electron chi connectivity index (χ2n) is 12.7. The van der Waals surface area contributed by atoms with Crippen molar-refractivity contribution in [3.8, 4) is 0 Å². The van der Waals surface area contributed by atoms with Gasteiger partial charge in [0.15, 0.2) is 0 Å². The largest absolute Gasteiger partial charge is 0.465 e. The molecule has 3 fully saturated rings. The number of anilines is 2. The van der Waals surface area contributed by atoms with Gasteiger partial charge in [0.1, 0.15) is 11.6 Å². The third kappa shape index (κ3) is 6.61. The first kappa shape index (κ1) is 34.4. The molecule has 3 saturated heterocycles.